The first-order valence-electron chi connectivity index (χ1n) is 5.87. The molecule has 0 atom stereocenters. The number of rotatable bonds is 2. The fraction of sp³-hybridized carbons (Fsp3) is 0.538. The molecule has 3 fully saturated rings. The molecule has 0 spiro atoms. The lowest BCUT2D eigenvalue weighted by Gasteiger charge is -2.50. The Morgan fingerprint density at radius 3 is 2.06 bits per heavy atom. The summed E-state index contributed by atoms with van der Waals surface area (Å²) in [5.74, 6) is -0.995. The second kappa shape index (κ2) is 3.78. The Kier molecular flexibility index (Phi) is 2.48. The Hall–Kier alpha value is -0.940. The largest absolute Gasteiger partial charge is 0.326 e. The Morgan fingerprint density at radius 2 is 1.59 bits per heavy atom. The maximum atomic E-state index is 5.75. The van der Waals surface area contributed by atoms with E-state index < -0.39 is 5.97 Å². The van der Waals surface area contributed by atoms with Crippen LogP contribution in [0.1, 0.15) is 18.1 Å². The van der Waals surface area contributed by atoms with Crippen molar-refractivity contribution in [3.8, 4) is 0 Å². The maximum absolute atomic E-state index is 5.75. The molecule has 4 rings (SSSR count). The quantitative estimate of drug-likeness (QED) is 0.840. The number of hydrogen-bond donors (Lipinski definition) is 1. The molecule has 3 saturated heterocycles. The van der Waals surface area contributed by atoms with E-state index in [9.17, 15) is 0 Å². The van der Waals surface area contributed by atoms with E-state index in [2.05, 4.69) is 6.92 Å². The van der Waals surface area contributed by atoms with E-state index in [1.54, 1.807) is 0 Å². The van der Waals surface area contributed by atoms with Gasteiger partial charge in [0.25, 0.3) is 0 Å². The van der Waals surface area contributed by atoms with Crippen LogP contribution in [0.15, 0.2) is 24.3 Å². The predicted octanol–water partition coefficient (Wildman–Crippen LogP) is 1.34. The van der Waals surface area contributed by atoms with E-state index in [0.29, 0.717) is 26.4 Å². The second-order valence-electron chi connectivity index (χ2n) is 5.13. The minimum Gasteiger partial charge on any atom is -0.326 e. The van der Waals surface area contributed by atoms with Crippen LogP contribution in [-0.4, -0.2) is 19.8 Å². The van der Waals surface area contributed by atoms with E-state index in [1.165, 1.54) is 0 Å². The lowest BCUT2D eigenvalue weighted by molar-refractivity contribution is -0.477. The van der Waals surface area contributed by atoms with Crippen molar-refractivity contribution < 1.29 is 14.2 Å². The average molecular weight is 235 g/mol. The number of hydrogen-bond acceptors (Lipinski definition) is 4. The molecule has 0 saturated carbocycles. The standard InChI is InChI=1S/C13H17NO3/c1-12-7-15-13(16-8-12,17-9-12)11-4-2-10(6-14)3-5-11/h2-5H,6-9,14H2,1H3. The minimum absolute atomic E-state index is 0.00104. The third-order valence-corrected chi connectivity index (χ3v) is 3.38. The lowest BCUT2D eigenvalue weighted by Crippen LogP contribution is -2.57. The first kappa shape index (κ1) is 11.2. The van der Waals surface area contributed by atoms with Gasteiger partial charge in [0.15, 0.2) is 0 Å². The molecule has 0 aliphatic carbocycles. The highest BCUT2D eigenvalue weighted by Crippen LogP contribution is 2.43. The molecule has 1 aromatic rings. The van der Waals surface area contributed by atoms with Gasteiger partial charge in [-0.05, 0) is 5.56 Å². The molecule has 0 amide bonds. The smallest absolute Gasteiger partial charge is 0.312 e. The third kappa shape index (κ3) is 1.77. The van der Waals surface area contributed by atoms with Crippen molar-refractivity contribution in [1.82, 2.24) is 0 Å². The molecule has 3 aliphatic rings. The summed E-state index contributed by atoms with van der Waals surface area (Å²) in [6, 6.07) is 7.86. The monoisotopic (exact) mass is 235 g/mol. The van der Waals surface area contributed by atoms with E-state index in [0.717, 1.165) is 11.1 Å². The predicted molar refractivity (Wildman–Crippen MR) is 62.0 cm³/mol. The highest BCUT2D eigenvalue weighted by molar-refractivity contribution is 5.25. The van der Waals surface area contributed by atoms with Gasteiger partial charge >= 0.3 is 5.97 Å². The summed E-state index contributed by atoms with van der Waals surface area (Å²) in [6.45, 7) is 4.66. The van der Waals surface area contributed by atoms with Crippen molar-refractivity contribution in [2.24, 2.45) is 11.1 Å². The van der Waals surface area contributed by atoms with Crippen molar-refractivity contribution in [2.45, 2.75) is 19.4 Å². The number of fused-ring (bicyclic) bond motifs is 3. The van der Waals surface area contributed by atoms with Gasteiger partial charge in [0, 0.05) is 17.5 Å². The van der Waals surface area contributed by atoms with Crippen LogP contribution in [0.25, 0.3) is 0 Å². The summed E-state index contributed by atoms with van der Waals surface area (Å²) in [7, 11) is 0. The Morgan fingerprint density at radius 1 is 1.06 bits per heavy atom. The molecule has 3 aliphatic heterocycles. The molecular weight excluding hydrogens is 218 g/mol. The van der Waals surface area contributed by atoms with Gasteiger partial charge in [-0.3, -0.25) is 0 Å². The van der Waals surface area contributed by atoms with E-state index in [4.69, 9.17) is 19.9 Å². The van der Waals surface area contributed by atoms with Gasteiger partial charge in [-0.15, -0.1) is 0 Å². The Labute approximate surface area is 101 Å². The van der Waals surface area contributed by atoms with Crippen LogP contribution in [-0.2, 0) is 26.7 Å². The summed E-state index contributed by atoms with van der Waals surface area (Å²) in [5.41, 5.74) is 7.56. The van der Waals surface area contributed by atoms with Crippen molar-refractivity contribution in [3.05, 3.63) is 35.4 Å². The molecule has 0 radical (unpaired) electrons. The SMILES string of the molecule is CC12COC(c3ccc(CN)cc3)(OC1)OC2. The third-order valence-electron chi connectivity index (χ3n) is 3.38. The highest BCUT2D eigenvalue weighted by atomic mass is 16.9. The summed E-state index contributed by atoms with van der Waals surface area (Å²) in [4.78, 5) is 0. The molecule has 0 unspecified atom stereocenters. The number of ether oxygens (including phenoxy) is 3. The van der Waals surface area contributed by atoms with Gasteiger partial charge in [-0.25, -0.2) is 0 Å². The highest BCUT2D eigenvalue weighted by Gasteiger charge is 2.51. The zero-order chi connectivity index (χ0) is 11.9. The van der Waals surface area contributed by atoms with Crippen LogP contribution in [0.5, 0.6) is 0 Å². The summed E-state index contributed by atoms with van der Waals surface area (Å²) < 4.78 is 17.3. The summed E-state index contributed by atoms with van der Waals surface area (Å²) in [6.07, 6.45) is 0. The van der Waals surface area contributed by atoms with Gasteiger partial charge in [-0.1, -0.05) is 31.2 Å². The number of benzene rings is 1. The van der Waals surface area contributed by atoms with E-state index >= 15 is 0 Å². The number of nitrogens with two attached hydrogens (primary N) is 1. The molecular formula is C13H17NO3. The van der Waals surface area contributed by atoms with Gasteiger partial charge in [0.2, 0.25) is 0 Å². The lowest BCUT2D eigenvalue weighted by atomic mass is 9.91. The van der Waals surface area contributed by atoms with E-state index in [1.807, 2.05) is 24.3 Å². The van der Waals surface area contributed by atoms with Crippen LogP contribution < -0.4 is 5.73 Å². The fourth-order valence-corrected chi connectivity index (χ4v) is 2.15. The average Bonchev–Trinajstić information content (AvgIpc) is 2.40. The van der Waals surface area contributed by atoms with Crippen LogP contribution in [0.3, 0.4) is 0 Å². The zero-order valence-corrected chi connectivity index (χ0v) is 9.94. The molecule has 17 heavy (non-hydrogen) atoms. The van der Waals surface area contributed by atoms with Crippen molar-refractivity contribution in [1.29, 1.82) is 0 Å². The van der Waals surface area contributed by atoms with Crippen LogP contribution in [0, 0.1) is 5.41 Å². The molecule has 2 N–H and O–H groups in total. The molecule has 4 heteroatoms. The first-order chi connectivity index (χ1) is 8.16. The maximum Gasteiger partial charge on any atom is 0.312 e. The Balaban J connectivity index is 1.88. The molecule has 3 heterocycles. The van der Waals surface area contributed by atoms with Crippen LogP contribution in [0.4, 0.5) is 0 Å². The first-order valence-corrected chi connectivity index (χ1v) is 5.87. The zero-order valence-electron chi connectivity index (χ0n) is 9.94. The topological polar surface area (TPSA) is 53.7 Å². The minimum atomic E-state index is -0.995. The molecule has 2 bridgehead atoms. The van der Waals surface area contributed by atoms with Gasteiger partial charge in [-0.2, -0.15) is 0 Å². The second-order valence-corrected chi connectivity index (χ2v) is 5.13. The van der Waals surface area contributed by atoms with Crippen molar-refractivity contribution in [3.63, 3.8) is 0 Å². The van der Waals surface area contributed by atoms with Crippen molar-refractivity contribution in [2.75, 3.05) is 19.8 Å². The molecule has 92 valence electrons. The Bertz CT molecular complexity index is 391. The normalized spacial score (nSPS) is 36.1. The van der Waals surface area contributed by atoms with Crippen LogP contribution in [0.2, 0.25) is 0 Å². The molecule has 0 aromatic heterocycles. The molecule has 1 aromatic carbocycles. The van der Waals surface area contributed by atoms with Gasteiger partial charge in [0.05, 0.1) is 19.8 Å². The van der Waals surface area contributed by atoms with Crippen LogP contribution >= 0.6 is 0 Å². The van der Waals surface area contributed by atoms with E-state index in [-0.39, 0.29) is 5.41 Å². The van der Waals surface area contributed by atoms with Gasteiger partial charge in [0.1, 0.15) is 0 Å². The summed E-state index contributed by atoms with van der Waals surface area (Å²) in [5, 5.41) is 0. The summed E-state index contributed by atoms with van der Waals surface area (Å²) >= 11 is 0. The molecule has 4 nitrogen and oxygen atoms in total. The fourth-order valence-electron chi connectivity index (χ4n) is 2.15. The van der Waals surface area contributed by atoms with Crippen molar-refractivity contribution >= 4 is 0 Å². The van der Waals surface area contributed by atoms with Gasteiger partial charge < -0.3 is 19.9 Å².